The van der Waals surface area contributed by atoms with Crippen molar-refractivity contribution in [2.75, 3.05) is 13.2 Å². The minimum absolute atomic E-state index is 0.000964. The highest BCUT2D eigenvalue weighted by Crippen LogP contribution is 2.34. The summed E-state index contributed by atoms with van der Waals surface area (Å²) < 4.78 is 38.7. The van der Waals surface area contributed by atoms with Crippen LogP contribution < -0.4 is 14.2 Å². The van der Waals surface area contributed by atoms with Crippen molar-refractivity contribution in [3.8, 4) is 11.5 Å². The Morgan fingerprint density at radius 2 is 1.79 bits per heavy atom. The normalized spacial score (nSPS) is 15.1. The first-order valence-electron chi connectivity index (χ1n) is 7.24. The molecule has 1 heterocycles. The van der Waals surface area contributed by atoms with Crippen molar-refractivity contribution in [1.29, 1.82) is 0 Å². The van der Waals surface area contributed by atoms with Gasteiger partial charge in [-0.25, -0.2) is 13.1 Å². The van der Waals surface area contributed by atoms with Crippen LogP contribution in [0, 0.1) is 0 Å². The average molecular weight is 388 g/mol. The molecule has 5 nitrogen and oxygen atoms in total. The summed E-state index contributed by atoms with van der Waals surface area (Å²) in [5, 5.41) is 0.188. The number of fused-ring (bicyclic) bond motifs is 1. The van der Waals surface area contributed by atoms with Gasteiger partial charge in [-0.3, -0.25) is 0 Å². The van der Waals surface area contributed by atoms with Gasteiger partial charge in [0.2, 0.25) is 10.0 Å². The Bertz CT molecular complexity index is 870. The molecule has 2 aromatic carbocycles. The Morgan fingerprint density at radius 1 is 1.08 bits per heavy atom. The maximum Gasteiger partial charge on any atom is 0.242 e. The molecule has 1 N–H and O–H groups in total. The van der Waals surface area contributed by atoms with Gasteiger partial charge in [0, 0.05) is 6.04 Å². The first-order chi connectivity index (χ1) is 11.4. The molecule has 2 aromatic rings. The van der Waals surface area contributed by atoms with Crippen LogP contribution in [0.5, 0.6) is 11.5 Å². The van der Waals surface area contributed by atoms with E-state index in [2.05, 4.69) is 4.72 Å². The van der Waals surface area contributed by atoms with Gasteiger partial charge in [0.15, 0.2) is 11.5 Å². The molecule has 1 atom stereocenters. The van der Waals surface area contributed by atoms with Crippen LogP contribution in [0.15, 0.2) is 41.3 Å². The molecule has 0 amide bonds. The topological polar surface area (TPSA) is 64.6 Å². The molecule has 0 unspecified atom stereocenters. The minimum Gasteiger partial charge on any atom is -0.486 e. The Labute approximate surface area is 150 Å². The number of hydrogen-bond donors (Lipinski definition) is 1. The summed E-state index contributed by atoms with van der Waals surface area (Å²) >= 11 is 11.9. The Balaban J connectivity index is 1.86. The zero-order valence-electron chi connectivity index (χ0n) is 12.8. The van der Waals surface area contributed by atoms with E-state index in [1.165, 1.54) is 18.2 Å². The van der Waals surface area contributed by atoms with Crippen LogP contribution in [0.2, 0.25) is 10.0 Å². The molecular weight excluding hydrogens is 373 g/mol. The van der Waals surface area contributed by atoms with E-state index >= 15 is 0 Å². The second kappa shape index (κ2) is 6.80. The van der Waals surface area contributed by atoms with Gasteiger partial charge in [-0.2, -0.15) is 0 Å². The monoisotopic (exact) mass is 387 g/mol. The van der Waals surface area contributed by atoms with Crippen molar-refractivity contribution in [2.24, 2.45) is 0 Å². The minimum atomic E-state index is -3.82. The van der Waals surface area contributed by atoms with E-state index in [1.54, 1.807) is 25.1 Å². The van der Waals surface area contributed by atoms with Crippen molar-refractivity contribution in [3.05, 3.63) is 52.0 Å². The fourth-order valence-corrected chi connectivity index (χ4v) is 4.38. The van der Waals surface area contributed by atoms with Crippen molar-refractivity contribution in [3.63, 3.8) is 0 Å². The van der Waals surface area contributed by atoms with Gasteiger partial charge in [0.25, 0.3) is 0 Å². The standard InChI is InChI=1S/C16H15Cl2NO4S/c1-10(11-5-6-13-14(9-11)23-8-7-22-13)19-24(20,21)15-4-2-3-12(17)16(15)18/h2-6,9-10,19H,7-8H2,1H3/t10-/m0/s1. The van der Waals surface area contributed by atoms with E-state index in [1.807, 2.05) is 0 Å². The van der Waals surface area contributed by atoms with Crippen LogP contribution in [-0.4, -0.2) is 21.6 Å². The molecule has 0 aliphatic carbocycles. The molecule has 0 aromatic heterocycles. The Morgan fingerprint density at radius 3 is 2.54 bits per heavy atom. The first kappa shape index (κ1) is 17.4. The van der Waals surface area contributed by atoms with E-state index < -0.39 is 16.1 Å². The molecule has 1 aliphatic heterocycles. The van der Waals surface area contributed by atoms with Crippen LogP contribution in [0.4, 0.5) is 0 Å². The third-order valence-corrected chi connectivity index (χ3v) is 6.12. The van der Waals surface area contributed by atoms with E-state index in [-0.39, 0.29) is 14.9 Å². The summed E-state index contributed by atoms with van der Waals surface area (Å²) in [6, 6.07) is 9.32. The molecule has 0 fully saturated rings. The Hall–Kier alpha value is -1.47. The van der Waals surface area contributed by atoms with Crippen LogP contribution >= 0.6 is 23.2 Å². The molecule has 0 saturated heterocycles. The molecule has 0 bridgehead atoms. The van der Waals surface area contributed by atoms with Gasteiger partial charge in [0.1, 0.15) is 18.1 Å². The van der Waals surface area contributed by atoms with Gasteiger partial charge in [-0.15, -0.1) is 0 Å². The molecule has 1 aliphatic rings. The molecule has 0 radical (unpaired) electrons. The van der Waals surface area contributed by atoms with Gasteiger partial charge >= 0.3 is 0 Å². The van der Waals surface area contributed by atoms with E-state index in [0.29, 0.717) is 24.7 Å². The number of hydrogen-bond acceptors (Lipinski definition) is 4. The second-order valence-corrected chi connectivity index (χ2v) is 7.77. The molecular formula is C16H15Cl2NO4S. The Kier molecular flexibility index (Phi) is 4.92. The van der Waals surface area contributed by atoms with Gasteiger partial charge in [-0.1, -0.05) is 35.3 Å². The highest BCUT2D eigenvalue weighted by atomic mass is 35.5. The van der Waals surface area contributed by atoms with Crippen molar-refractivity contribution in [1.82, 2.24) is 4.72 Å². The van der Waals surface area contributed by atoms with Crippen molar-refractivity contribution >= 4 is 33.2 Å². The lowest BCUT2D eigenvalue weighted by Gasteiger charge is -2.21. The maximum atomic E-state index is 12.6. The zero-order valence-corrected chi connectivity index (χ0v) is 15.1. The van der Waals surface area contributed by atoms with E-state index in [4.69, 9.17) is 32.7 Å². The largest absolute Gasteiger partial charge is 0.486 e. The predicted molar refractivity (Wildman–Crippen MR) is 92.6 cm³/mol. The van der Waals surface area contributed by atoms with Gasteiger partial charge < -0.3 is 9.47 Å². The summed E-state index contributed by atoms with van der Waals surface area (Å²) in [7, 11) is -3.82. The lowest BCUT2D eigenvalue weighted by Crippen LogP contribution is -2.27. The number of benzene rings is 2. The predicted octanol–water partition coefficient (Wildman–Crippen LogP) is 3.80. The summed E-state index contributed by atoms with van der Waals surface area (Å²) in [5.41, 5.74) is 0.751. The highest BCUT2D eigenvalue weighted by molar-refractivity contribution is 7.89. The SMILES string of the molecule is C[C@H](NS(=O)(=O)c1cccc(Cl)c1Cl)c1ccc2c(c1)OCCO2. The highest BCUT2D eigenvalue weighted by Gasteiger charge is 2.23. The lowest BCUT2D eigenvalue weighted by molar-refractivity contribution is 0.171. The number of ether oxygens (including phenoxy) is 2. The third kappa shape index (κ3) is 3.47. The molecule has 8 heteroatoms. The van der Waals surface area contributed by atoms with Gasteiger partial charge in [0.05, 0.1) is 10.0 Å². The number of nitrogens with one attached hydrogen (secondary N) is 1. The van der Waals surface area contributed by atoms with E-state index in [9.17, 15) is 8.42 Å². The number of sulfonamides is 1. The molecule has 3 rings (SSSR count). The molecule has 24 heavy (non-hydrogen) atoms. The van der Waals surface area contributed by atoms with Crippen molar-refractivity contribution in [2.45, 2.75) is 17.9 Å². The fraction of sp³-hybridized carbons (Fsp3) is 0.250. The third-order valence-electron chi connectivity index (χ3n) is 3.60. The average Bonchev–Trinajstić information content (AvgIpc) is 2.56. The first-order valence-corrected chi connectivity index (χ1v) is 9.48. The van der Waals surface area contributed by atoms with Crippen LogP contribution in [-0.2, 0) is 10.0 Å². The number of rotatable bonds is 4. The quantitative estimate of drug-likeness (QED) is 0.865. The zero-order chi connectivity index (χ0) is 17.3. The second-order valence-electron chi connectivity index (χ2n) is 5.30. The smallest absolute Gasteiger partial charge is 0.242 e. The van der Waals surface area contributed by atoms with Gasteiger partial charge in [-0.05, 0) is 36.8 Å². The molecule has 0 saturated carbocycles. The summed E-state index contributed by atoms with van der Waals surface area (Å²) in [6.07, 6.45) is 0. The molecule has 0 spiro atoms. The lowest BCUT2D eigenvalue weighted by atomic mass is 10.1. The summed E-state index contributed by atoms with van der Waals surface area (Å²) in [5.74, 6) is 1.25. The van der Waals surface area contributed by atoms with Crippen LogP contribution in [0.25, 0.3) is 0 Å². The number of halogens is 2. The molecule has 128 valence electrons. The van der Waals surface area contributed by atoms with Crippen molar-refractivity contribution < 1.29 is 17.9 Å². The van der Waals surface area contributed by atoms with Crippen LogP contribution in [0.3, 0.4) is 0 Å². The summed E-state index contributed by atoms with van der Waals surface area (Å²) in [4.78, 5) is -0.0546. The van der Waals surface area contributed by atoms with Crippen LogP contribution in [0.1, 0.15) is 18.5 Å². The fourth-order valence-electron chi connectivity index (χ4n) is 2.39. The summed E-state index contributed by atoms with van der Waals surface area (Å²) in [6.45, 7) is 2.71. The van der Waals surface area contributed by atoms with E-state index in [0.717, 1.165) is 5.56 Å². The maximum absolute atomic E-state index is 12.6.